The molecule has 0 saturated carbocycles. The van der Waals surface area contributed by atoms with E-state index in [2.05, 4.69) is 6.92 Å². The van der Waals surface area contributed by atoms with Crippen LogP contribution in [0, 0.1) is 0 Å². The summed E-state index contributed by atoms with van der Waals surface area (Å²) in [5.74, 6) is 0. The van der Waals surface area contributed by atoms with Crippen molar-refractivity contribution in [2.24, 2.45) is 0 Å². The predicted octanol–water partition coefficient (Wildman–Crippen LogP) is 4.92. The monoisotopic (exact) mass is 386 g/mol. The summed E-state index contributed by atoms with van der Waals surface area (Å²) in [6, 6.07) is 8.75. The minimum absolute atomic E-state index is 0.117. The Morgan fingerprint density at radius 3 is 1.96 bits per heavy atom. The summed E-state index contributed by atoms with van der Waals surface area (Å²) < 4.78 is 33.6. The van der Waals surface area contributed by atoms with Crippen LogP contribution in [0.4, 0.5) is 0 Å². The molecule has 1 rings (SSSR count). The zero-order valence-corrected chi connectivity index (χ0v) is 16.8. The molecule has 1 N–H and O–H groups in total. The van der Waals surface area contributed by atoms with Gasteiger partial charge in [0.15, 0.2) is 0 Å². The molecule has 0 spiro atoms. The van der Waals surface area contributed by atoms with Gasteiger partial charge >= 0.3 is 10.4 Å². The molecule has 26 heavy (non-hydrogen) atoms. The van der Waals surface area contributed by atoms with E-state index < -0.39 is 23.1 Å². The van der Waals surface area contributed by atoms with Crippen molar-refractivity contribution in [3.63, 3.8) is 0 Å². The van der Waals surface area contributed by atoms with Gasteiger partial charge in [-0.1, -0.05) is 95.0 Å². The second-order valence-electron chi connectivity index (χ2n) is 6.59. The molecule has 1 aromatic carbocycles. The lowest BCUT2D eigenvalue weighted by Gasteiger charge is -2.15. The molecule has 0 saturated heterocycles. The van der Waals surface area contributed by atoms with Gasteiger partial charge in [-0.2, -0.15) is 8.42 Å². The third-order valence-corrected chi connectivity index (χ3v) is 5.22. The first-order valence-electron chi connectivity index (χ1n) is 9.82. The van der Waals surface area contributed by atoms with Crippen LogP contribution in [-0.4, -0.2) is 26.7 Å². The Balaban J connectivity index is 2.12. The Labute approximate surface area is 159 Å². The molecule has 0 heterocycles. The summed E-state index contributed by atoms with van der Waals surface area (Å²) in [6.07, 6.45) is 10.8. The van der Waals surface area contributed by atoms with Crippen LogP contribution < -0.4 is 0 Å². The zero-order chi connectivity index (χ0) is 19.1. The quantitative estimate of drug-likeness (QED) is 0.408. The van der Waals surface area contributed by atoms with Crippen LogP contribution in [0.3, 0.4) is 0 Å². The lowest BCUT2D eigenvalue weighted by atomic mass is 10.1. The lowest BCUT2D eigenvalue weighted by Crippen LogP contribution is -2.17. The van der Waals surface area contributed by atoms with E-state index >= 15 is 0 Å². The van der Waals surface area contributed by atoms with Crippen molar-refractivity contribution in [1.82, 2.24) is 0 Å². The zero-order valence-electron chi connectivity index (χ0n) is 15.9. The predicted molar refractivity (Wildman–Crippen MR) is 104 cm³/mol. The summed E-state index contributed by atoms with van der Waals surface area (Å²) >= 11 is 0. The maximum atomic E-state index is 11.9. The minimum atomic E-state index is -4.11. The second kappa shape index (κ2) is 14.2. The van der Waals surface area contributed by atoms with Crippen LogP contribution in [-0.2, 0) is 18.8 Å². The molecule has 0 aliphatic carbocycles. The van der Waals surface area contributed by atoms with E-state index in [1.54, 1.807) is 24.3 Å². The number of benzene rings is 1. The van der Waals surface area contributed by atoms with Gasteiger partial charge in [0, 0.05) is 0 Å². The van der Waals surface area contributed by atoms with Crippen molar-refractivity contribution in [2.75, 3.05) is 13.2 Å². The number of aliphatic hydroxyl groups is 1. The molecular weight excluding hydrogens is 352 g/mol. The third kappa shape index (κ3) is 10.9. The van der Waals surface area contributed by atoms with Gasteiger partial charge < -0.3 is 5.11 Å². The first-order chi connectivity index (χ1) is 12.6. The second-order valence-corrected chi connectivity index (χ2v) is 7.83. The Morgan fingerprint density at radius 2 is 1.42 bits per heavy atom. The normalized spacial score (nSPS) is 13.0. The number of rotatable bonds is 16. The van der Waals surface area contributed by atoms with Crippen LogP contribution >= 0.6 is 0 Å². The van der Waals surface area contributed by atoms with Crippen LogP contribution in [0.2, 0.25) is 0 Å². The molecule has 0 bridgehead atoms. The van der Waals surface area contributed by atoms with Crippen LogP contribution in [0.1, 0.15) is 82.8 Å². The number of hydrogen-bond donors (Lipinski definition) is 1. The van der Waals surface area contributed by atoms with E-state index in [0.717, 1.165) is 12.8 Å². The van der Waals surface area contributed by atoms with Crippen LogP contribution in [0.25, 0.3) is 0 Å². The van der Waals surface area contributed by atoms with Crippen molar-refractivity contribution in [3.8, 4) is 0 Å². The number of aliphatic hydroxyl groups excluding tert-OH is 1. The molecule has 0 aliphatic rings. The van der Waals surface area contributed by atoms with E-state index in [1.165, 1.54) is 44.9 Å². The summed E-state index contributed by atoms with van der Waals surface area (Å²) in [6.45, 7) is 1.91. The van der Waals surface area contributed by atoms with E-state index in [-0.39, 0.29) is 6.61 Å². The molecule has 1 unspecified atom stereocenters. The molecule has 0 radical (unpaired) electrons. The Hall–Kier alpha value is -0.950. The first kappa shape index (κ1) is 23.1. The smallest absolute Gasteiger partial charge is 0.393 e. The highest BCUT2D eigenvalue weighted by Gasteiger charge is 2.21. The van der Waals surface area contributed by atoms with Gasteiger partial charge in [0.25, 0.3) is 0 Å². The maximum Gasteiger partial charge on any atom is 0.400 e. The van der Waals surface area contributed by atoms with Crippen molar-refractivity contribution in [3.05, 3.63) is 35.9 Å². The van der Waals surface area contributed by atoms with E-state index in [1.807, 2.05) is 6.07 Å². The van der Waals surface area contributed by atoms with Gasteiger partial charge in [-0.3, -0.25) is 0 Å². The standard InChI is InChI=1S/C20H34O5S/c1-2-3-4-5-6-7-8-9-10-14-17-24-26(22,23)25-20(18-21)19-15-12-11-13-16-19/h11-13,15-16,20-21H,2-10,14,17-18H2,1H3. The van der Waals surface area contributed by atoms with Crippen molar-refractivity contribution >= 4 is 10.4 Å². The van der Waals surface area contributed by atoms with E-state index in [0.29, 0.717) is 12.0 Å². The summed E-state index contributed by atoms with van der Waals surface area (Å²) in [7, 11) is -4.11. The lowest BCUT2D eigenvalue weighted by molar-refractivity contribution is 0.0971. The van der Waals surface area contributed by atoms with Gasteiger partial charge in [0.05, 0.1) is 13.2 Å². The molecule has 1 atom stereocenters. The molecule has 0 fully saturated rings. The molecule has 0 amide bonds. The molecular formula is C20H34O5S. The fourth-order valence-electron chi connectivity index (χ4n) is 2.78. The number of unbranched alkanes of at least 4 members (excludes halogenated alkanes) is 9. The summed E-state index contributed by atoms with van der Waals surface area (Å²) in [5.41, 5.74) is 0.598. The SMILES string of the molecule is CCCCCCCCCCCCOS(=O)(=O)OC(CO)c1ccccc1. The highest BCUT2D eigenvalue weighted by molar-refractivity contribution is 7.81. The average molecular weight is 387 g/mol. The molecule has 1 aromatic rings. The summed E-state index contributed by atoms with van der Waals surface area (Å²) in [5, 5.41) is 9.36. The molecule has 150 valence electrons. The fraction of sp³-hybridized carbons (Fsp3) is 0.700. The number of hydrogen-bond acceptors (Lipinski definition) is 5. The third-order valence-electron chi connectivity index (χ3n) is 4.30. The highest BCUT2D eigenvalue weighted by atomic mass is 32.3. The largest absolute Gasteiger partial charge is 0.400 e. The van der Waals surface area contributed by atoms with Crippen molar-refractivity contribution < 1.29 is 21.9 Å². The topological polar surface area (TPSA) is 72.8 Å². The average Bonchev–Trinajstić information content (AvgIpc) is 2.65. The van der Waals surface area contributed by atoms with Gasteiger partial charge in [-0.15, -0.1) is 0 Å². The Bertz CT molecular complexity index is 545. The van der Waals surface area contributed by atoms with E-state index in [9.17, 15) is 13.5 Å². The van der Waals surface area contributed by atoms with Gasteiger partial charge in [-0.25, -0.2) is 8.37 Å². The van der Waals surface area contributed by atoms with Gasteiger partial charge in [0.1, 0.15) is 6.10 Å². The minimum Gasteiger partial charge on any atom is -0.393 e. The van der Waals surface area contributed by atoms with Crippen LogP contribution in [0.5, 0.6) is 0 Å². The fourth-order valence-corrected chi connectivity index (χ4v) is 3.61. The van der Waals surface area contributed by atoms with Gasteiger partial charge in [0.2, 0.25) is 0 Å². The van der Waals surface area contributed by atoms with Gasteiger partial charge in [-0.05, 0) is 12.0 Å². The van der Waals surface area contributed by atoms with Crippen LogP contribution in [0.15, 0.2) is 30.3 Å². The molecule has 0 aliphatic heterocycles. The van der Waals surface area contributed by atoms with E-state index in [4.69, 9.17) is 8.37 Å². The summed E-state index contributed by atoms with van der Waals surface area (Å²) in [4.78, 5) is 0. The van der Waals surface area contributed by atoms with Crippen molar-refractivity contribution in [1.29, 1.82) is 0 Å². The van der Waals surface area contributed by atoms with Crippen molar-refractivity contribution in [2.45, 2.75) is 77.2 Å². The first-order valence-corrected chi connectivity index (χ1v) is 11.2. The highest BCUT2D eigenvalue weighted by Crippen LogP contribution is 2.20. The maximum absolute atomic E-state index is 11.9. The molecule has 6 heteroatoms. The Morgan fingerprint density at radius 1 is 0.885 bits per heavy atom. The molecule has 0 aromatic heterocycles. The molecule has 5 nitrogen and oxygen atoms in total. The Kier molecular flexibility index (Phi) is 12.6.